The molecule has 98 valence electrons. The Labute approximate surface area is 129 Å². The third-order valence-electron chi connectivity index (χ3n) is 1.70. The van der Waals surface area contributed by atoms with E-state index >= 15 is 0 Å². The van der Waals surface area contributed by atoms with Gasteiger partial charge in [-0.2, -0.15) is 10.2 Å². The van der Waals surface area contributed by atoms with Crippen LogP contribution in [0.5, 0.6) is 0 Å². The van der Waals surface area contributed by atoms with Gasteiger partial charge in [-0.05, 0) is 24.4 Å². The molecule has 2 heterocycles. The minimum atomic E-state index is 0.0569. The number of hydrogen-bond acceptors (Lipinski definition) is 9. The van der Waals surface area contributed by atoms with Crippen molar-refractivity contribution in [2.75, 3.05) is 12.4 Å². The van der Waals surface area contributed by atoms with Gasteiger partial charge in [-0.1, -0.05) is 46.2 Å². The van der Waals surface area contributed by atoms with Crippen molar-refractivity contribution in [1.29, 1.82) is 0 Å². The zero-order valence-electron chi connectivity index (χ0n) is 8.78. The van der Waals surface area contributed by atoms with Crippen LogP contribution in [-0.4, -0.2) is 43.1 Å². The van der Waals surface area contributed by atoms with Crippen LogP contribution in [-0.2, 0) is 0 Å². The predicted octanol–water partition coefficient (Wildman–Crippen LogP) is 2.96. The minimum absolute atomic E-state index is 0.0569. The van der Waals surface area contributed by atoms with Gasteiger partial charge in [0.1, 0.15) is 0 Å². The van der Waals surface area contributed by atoms with Crippen molar-refractivity contribution in [3.05, 3.63) is 7.91 Å². The maximum atomic E-state index is 9.34. The molecule has 0 aliphatic heterocycles. The molecule has 0 spiro atoms. The first-order chi connectivity index (χ1) is 8.67. The molecule has 0 saturated heterocycles. The summed E-state index contributed by atoms with van der Waals surface area (Å²) in [5, 5.41) is 23.0. The first-order valence-corrected chi connectivity index (χ1v) is 9.00. The Morgan fingerprint density at radius 2 is 1.78 bits per heavy atom. The molecule has 18 heavy (non-hydrogen) atoms. The Hall–Kier alpha value is 0.220. The van der Waals surface area contributed by atoms with Crippen LogP contribution >= 0.6 is 70.6 Å². The van der Waals surface area contributed by atoms with E-state index in [1.807, 2.05) is 0 Å². The van der Waals surface area contributed by atoms with Crippen molar-refractivity contribution in [1.82, 2.24) is 20.4 Å². The van der Waals surface area contributed by atoms with E-state index in [2.05, 4.69) is 20.4 Å². The van der Waals surface area contributed by atoms with Crippen molar-refractivity contribution < 1.29 is 5.11 Å². The zero-order chi connectivity index (χ0) is 13.0. The van der Waals surface area contributed by atoms with Gasteiger partial charge in [-0.15, -0.1) is 0 Å². The molecule has 5 nitrogen and oxygen atoms in total. The Balaban J connectivity index is 1.89. The van der Waals surface area contributed by atoms with E-state index < -0.39 is 0 Å². The summed E-state index contributed by atoms with van der Waals surface area (Å²) in [4.78, 5) is 0. The number of aromatic nitrogens is 4. The molecule has 0 radical (unpaired) electrons. The summed E-state index contributed by atoms with van der Waals surface area (Å²) in [5.41, 5.74) is 0. The summed E-state index contributed by atoms with van der Waals surface area (Å²) >= 11 is 15.8. The highest BCUT2D eigenvalue weighted by atomic mass is 32.2. The van der Waals surface area contributed by atoms with Crippen LogP contribution < -0.4 is 0 Å². The van der Waals surface area contributed by atoms with Crippen LogP contribution in [0.15, 0.2) is 8.68 Å². The van der Waals surface area contributed by atoms with Crippen LogP contribution in [0.1, 0.15) is 0 Å². The SMILES string of the molecule is OCC(CSc1n[nH]c(=S)s1)Sc1n[nH]c(=S)s1. The van der Waals surface area contributed by atoms with E-state index in [4.69, 9.17) is 24.4 Å². The largest absolute Gasteiger partial charge is 0.395 e. The molecule has 11 heteroatoms. The van der Waals surface area contributed by atoms with Gasteiger partial charge >= 0.3 is 0 Å². The molecule has 1 atom stereocenters. The summed E-state index contributed by atoms with van der Waals surface area (Å²) in [6, 6.07) is 0. The van der Waals surface area contributed by atoms with Crippen LogP contribution in [0.25, 0.3) is 0 Å². The average molecular weight is 357 g/mol. The Bertz CT molecular complexity index is 599. The first-order valence-electron chi connectivity index (χ1n) is 4.68. The molecule has 2 aromatic rings. The summed E-state index contributed by atoms with van der Waals surface area (Å²) < 4.78 is 3.03. The second-order valence-electron chi connectivity index (χ2n) is 2.99. The molecule has 0 amide bonds. The molecule has 0 aliphatic carbocycles. The zero-order valence-corrected chi connectivity index (χ0v) is 13.7. The van der Waals surface area contributed by atoms with E-state index in [0.717, 1.165) is 14.4 Å². The number of aromatic amines is 2. The fourth-order valence-electron chi connectivity index (χ4n) is 0.975. The standard InChI is InChI=1S/C7H8N4OS6/c12-1-3(16-7-11-9-5(14)18-7)2-15-6-10-8-4(13)17-6/h3,12H,1-2H2,(H,8,13)(H,9,14). The number of hydrogen-bond donors (Lipinski definition) is 3. The van der Waals surface area contributed by atoms with Crippen LogP contribution in [0.4, 0.5) is 0 Å². The number of thioether (sulfide) groups is 2. The maximum Gasteiger partial charge on any atom is 0.177 e. The van der Waals surface area contributed by atoms with E-state index in [-0.39, 0.29) is 11.9 Å². The Morgan fingerprint density at radius 3 is 2.28 bits per heavy atom. The molecule has 0 aliphatic rings. The lowest BCUT2D eigenvalue weighted by Crippen LogP contribution is -2.11. The summed E-state index contributed by atoms with van der Waals surface area (Å²) in [7, 11) is 0. The third kappa shape index (κ3) is 4.40. The summed E-state index contributed by atoms with van der Waals surface area (Å²) in [6.07, 6.45) is 0. The number of aliphatic hydroxyl groups is 1. The summed E-state index contributed by atoms with van der Waals surface area (Å²) in [5.74, 6) is 0.740. The van der Waals surface area contributed by atoms with E-state index in [9.17, 15) is 5.11 Å². The van der Waals surface area contributed by atoms with Crippen molar-refractivity contribution in [3.8, 4) is 0 Å². The molecule has 1 unspecified atom stereocenters. The Kier molecular flexibility index (Phi) is 5.79. The highest BCUT2D eigenvalue weighted by molar-refractivity contribution is 8.05. The van der Waals surface area contributed by atoms with E-state index in [1.165, 1.54) is 34.4 Å². The lowest BCUT2D eigenvalue weighted by molar-refractivity contribution is 0.301. The molecule has 2 rings (SSSR count). The number of aliphatic hydroxyl groups excluding tert-OH is 1. The number of nitrogens with one attached hydrogen (secondary N) is 2. The van der Waals surface area contributed by atoms with Gasteiger partial charge in [0.15, 0.2) is 16.6 Å². The molecule has 3 N–H and O–H groups in total. The van der Waals surface area contributed by atoms with Gasteiger partial charge in [0.05, 0.1) is 6.61 Å². The van der Waals surface area contributed by atoms with Gasteiger partial charge in [0.2, 0.25) is 0 Å². The topological polar surface area (TPSA) is 77.6 Å². The van der Waals surface area contributed by atoms with E-state index in [0.29, 0.717) is 7.91 Å². The highest BCUT2D eigenvalue weighted by Crippen LogP contribution is 2.30. The van der Waals surface area contributed by atoms with E-state index in [1.54, 1.807) is 11.8 Å². The number of H-pyrrole nitrogens is 2. The lowest BCUT2D eigenvalue weighted by Gasteiger charge is -2.09. The van der Waals surface area contributed by atoms with Gasteiger partial charge in [-0.3, -0.25) is 10.2 Å². The average Bonchev–Trinajstić information content (AvgIpc) is 2.93. The Morgan fingerprint density at radius 1 is 1.17 bits per heavy atom. The van der Waals surface area contributed by atoms with Crippen LogP contribution in [0, 0.1) is 7.91 Å². The highest BCUT2D eigenvalue weighted by Gasteiger charge is 2.13. The van der Waals surface area contributed by atoms with Crippen LogP contribution in [0.3, 0.4) is 0 Å². The second-order valence-corrected chi connectivity index (χ2v) is 9.14. The molecular formula is C7H8N4OS6. The second kappa shape index (κ2) is 7.12. The number of rotatable bonds is 6. The van der Waals surface area contributed by atoms with Gasteiger partial charge in [0, 0.05) is 11.0 Å². The summed E-state index contributed by atoms with van der Waals surface area (Å²) in [6.45, 7) is 0.0832. The fourth-order valence-corrected chi connectivity index (χ4v) is 5.56. The molecule has 2 aromatic heterocycles. The quantitative estimate of drug-likeness (QED) is 0.542. The van der Waals surface area contributed by atoms with Crippen molar-refractivity contribution in [3.63, 3.8) is 0 Å². The van der Waals surface area contributed by atoms with Crippen molar-refractivity contribution in [2.45, 2.75) is 13.9 Å². The first kappa shape index (κ1) is 14.6. The minimum Gasteiger partial charge on any atom is -0.395 e. The smallest absolute Gasteiger partial charge is 0.177 e. The van der Waals surface area contributed by atoms with Gasteiger partial charge in [-0.25, -0.2) is 0 Å². The third-order valence-corrected chi connectivity index (χ3v) is 6.67. The maximum absolute atomic E-state index is 9.34. The molecular weight excluding hydrogens is 349 g/mol. The van der Waals surface area contributed by atoms with Crippen molar-refractivity contribution in [2.24, 2.45) is 0 Å². The number of nitrogens with zero attached hydrogens (tertiary/aromatic N) is 2. The fraction of sp³-hybridized carbons (Fsp3) is 0.429. The molecule has 0 fully saturated rings. The molecule has 0 saturated carbocycles. The van der Waals surface area contributed by atoms with Gasteiger partial charge in [0.25, 0.3) is 0 Å². The monoisotopic (exact) mass is 356 g/mol. The molecule has 0 bridgehead atoms. The van der Waals surface area contributed by atoms with Crippen LogP contribution in [0.2, 0.25) is 0 Å². The van der Waals surface area contributed by atoms with Crippen molar-refractivity contribution >= 4 is 70.6 Å². The van der Waals surface area contributed by atoms with Gasteiger partial charge < -0.3 is 5.11 Å². The lowest BCUT2D eigenvalue weighted by atomic mass is 10.5. The molecule has 0 aromatic carbocycles. The predicted molar refractivity (Wildman–Crippen MR) is 82.1 cm³/mol. The normalized spacial score (nSPS) is 12.7.